The van der Waals surface area contributed by atoms with Crippen molar-refractivity contribution in [3.8, 4) is 0 Å². The molecule has 0 amide bonds. The van der Waals surface area contributed by atoms with Crippen molar-refractivity contribution in [2.24, 2.45) is 5.16 Å². The lowest BCUT2D eigenvalue weighted by Gasteiger charge is -1.92. The first-order chi connectivity index (χ1) is 6.40. The predicted octanol–water partition coefficient (Wildman–Crippen LogP) is 1.54. The second-order valence-electron chi connectivity index (χ2n) is 2.60. The van der Waals surface area contributed by atoms with Gasteiger partial charge in [0.15, 0.2) is 0 Å². The van der Waals surface area contributed by atoms with Crippen molar-refractivity contribution in [3.05, 3.63) is 30.1 Å². The Balaban J connectivity index is 2.42. The average molecular weight is 175 g/mol. The molecule has 1 heterocycles. The highest BCUT2D eigenvalue weighted by atomic mass is 16.6. The Morgan fingerprint density at radius 1 is 1.54 bits per heavy atom. The highest BCUT2D eigenvalue weighted by molar-refractivity contribution is 5.86. The molecule has 4 nitrogen and oxygen atoms in total. The Hall–Kier alpha value is -1.84. The van der Waals surface area contributed by atoms with Crippen molar-refractivity contribution >= 4 is 17.2 Å². The number of oxime groups is 1. The van der Waals surface area contributed by atoms with Gasteiger partial charge in [-0.2, -0.15) is 0 Å². The maximum atomic E-state index is 4.58. The van der Waals surface area contributed by atoms with Gasteiger partial charge < -0.3 is 9.82 Å². The first-order valence-electron chi connectivity index (χ1n) is 3.90. The van der Waals surface area contributed by atoms with Crippen LogP contribution in [0.2, 0.25) is 0 Å². The fraction of sp³-hybridized carbons (Fsp3) is 0.111. The molecule has 0 spiro atoms. The summed E-state index contributed by atoms with van der Waals surface area (Å²) < 4.78 is 0. The van der Waals surface area contributed by atoms with E-state index in [4.69, 9.17) is 0 Å². The van der Waals surface area contributed by atoms with E-state index in [1.165, 1.54) is 7.11 Å². The predicted molar refractivity (Wildman–Crippen MR) is 50.7 cm³/mol. The molecule has 0 aliphatic rings. The molecule has 4 heteroatoms. The second kappa shape index (κ2) is 3.26. The number of benzene rings is 1. The molecular weight excluding hydrogens is 166 g/mol. The number of aromatic nitrogens is 2. The van der Waals surface area contributed by atoms with Gasteiger partial charge in [-0.15, -0.1) is 0 Å². The van der Waals surface area contributed by atoms with E-state index in [2.05, 4.69) is 20.0 Å². The molecule has 0 fully saturated rings. The largest absolute Gasteiger partial charge is 0.399 e. The molecule has 1 aromatic carbocycles. The quantitative estimate of drug-likeness (QED) is 0.556. The second-order valence-corrected chi connectivity index (χ2v) is 2.60. The summed E-state index contributed by atoms with van der Waals surface area (Å²) in [6.45, 7) is 0. The summed E-state index contributed by atoms with van der Waals surface area (Å²) >= 11 is 0. The van der Waals surface area contributed by atoms with Crippen LogP contribution in [0.25, 0.3) is 11.0 Å². The van der Waals surface area contributed by atoms with E-state index in [0.717, 1.165) is 16.6 Å². The lowest BCUT2D eigenvalue weighted by Crippen LogP contribution is -1.81. The lowest BCUT2D eigenvalue weighted by molar-refractivity contribution is 0.215. The maximum Gasteiger partial charge on any atom is 0.106 e. The molecule has 2 rings (SSSR count). The summed E-state index contributed by atoms with van der Waals surface area (Å²) in [5.41, 5.74) is 2.94. The van der Waals surface area contributed by atoms with Gasteiger partial charge in [-0.25, -0.2) is 4.98 Å². The van der Waals surface area contributed by atoms with E-state index in [1.807, 2.05) is 18.2 Å². The summed E-state index contributed by atoms with van der Waals surface area (Å²) in [6.07, 6.45) is 3.32. The summed E-state index contributed by atoms with van der Waals surface area (Å²) in [7, 11) is 1.52. The number of hydrogen-bond donors (Lipinski definition) is 1. The van der Waals surface area contributed by atoms with Crippen LogP contribution in [0.1, 0.15) is 5.56 Å². The molecule has 1 N–H and O–H groups in total. The maximum absolute atomic E-state index is 4.58. The van der Waals surface area contributed by atoms with Gasteiger partial charge in [0.2, 0.25) is 0 Å². The third kappa shape index (κ3) is 1.51. The Kier molecular flexibility index (Phi) is 1.96. The van der Waals surface area contributed by atoms with Crippen molar-refractivity contribution in [1.29, 1.82) is 0 Å². The zero-order valence-corrected chi connectivity index (χ0v) is 7.19. The van der Waals surface area contributed by atoms with Gasteiger partial charge in [0.25, 0.3) is 0 Å². The molecule has 0 bridgehead atoms. The molecule has 1 aromatic heterocycles. The van der Waals surface area contributed by atoms with E-state index in [9.17, 15) is 0 Å². The van der Waals surface area contributed by atoms with Gasteiger partial charge in [0.05, 0.1) is 23.6 Å². The monoisotopic (exact) mass is 175 g/mol. The standard InChI is InChI=1S/C9H9N3O/c1-13-12-5-7-2-3-8-9(4-7)11-6-10-8/h2-6H,1H3,(H,10,11). The van der Waals surface area contributed by atoms with Crippen molar-refractivity contribution < 1.29 is 4.84 Å². The van der Waals surface area contributed by atoms with Crippen molar-refractivity contribution in [3.63, 3.8) is 0 Å². The molecule has 0 saturated heterocycles. The van der Waals surface area contributed by atoms with Gasteiger partial charge in [0, 0.05) is 0 Å². The summed E-state index contributed by atoms with van der Waals surface area (Å²) in [6, 6.07) is 5.83. The zero-order chi connectivity index (χ0) is 9.10. The number of H-pyrrole nitrogens is 1. The van der Waals surface area contributed by atoms with Gasteiger partial charge in [0.1, 0.15) is 7.11 Å². The van der Waals surface area contributed by atoms with E-state index in [1.54, 1.807) is 12.5 Å². The fourth-order valence-corrected chi connectivity index (χ4v) is 1.15. The van der Waals surface area contributed by atoms with Gasteiger partial charge in [-0.05, 0) is 17.7 Å². The SMILES string of the molecule is CON=Cc1ccc2nc[nH]c2c1. The molecule has 0 radical (unpaired) electrons. The van der Waals surface area contributed by atoms with Crippen molar-refractivity contribution in [2.45, 2.75) is 0 Å². The molecule has 0 aliphatic carbocycles. The van der Waals surface area contributed by atoms with E-state index in [-0.39, 0.29) is 0 Å². The highest BCUT2D eigenvalue weighted by Gasteiger charge is 1.95. The highest BCUT2D eigenvalue weighted by Crippen LogP contribution is 2.09. The van der Waals surface area contributed by atoms with Crippen LogP contribution >= 0.6 is 0 Å². The minimum absolute atomic E-state index is 0.953. The summed E-state index contributed by atoms with van der Waals surface area (Å²) in [5.74, 6) is 0. The first-order valence-corrected chi connectivity index (χ1v) is 3.90. The Labute approximate surface area is 75.2 Å². The van der Waals surface area contributed by atoms with E-state index < -0.39 is 0 Å². The van der Waals surface area contributed by atoms with E-state index >= 15 is 0 Å². The van der Waals surface area contributed by atoms with Crippen LogP contribution in [0.3, 0.4) is 0 Å². The average Bonchev–Trinajstić information content (AvgIpc) is 2.61. The van der Waals surface area contributed by atoms with Crippen LogP contribution < -0.4 is 0 Å². The van der Waals surface area contributed by atoms with Crippen LogP contribution in [-0.4, -0.2) is 23.3 Å². The van der Waals surface area contributed by atoms with Crippen molar-refractivity contribution in [2.75, 3.05) is 7.11 Å². The Morgan fingerprint density at radius 2 is 2.46 bits per heavy atom. The Bertz CT molecular complexity index is 433. The van der Waals surface area contributed by atoms with Crippen LogP contribution in [-0.2, 0) is 4.84 Å². The minimum Gasteiger partial charge on any atom is -0.399 e. The van der Waals surface area contributed by atoms with Gasteiger partial charge in [-0.1, -0.05) is 11.2 Å². The smallest absolute Gasteiger partial charge is 0.106 e. The molecule has 0 unspecified atom stereocenters. The Morgan fingerprint density at radius 3 is 3.31 bits per heavy atom. The number of nitrogens with one attached hydrogen (secondary N) is 1. The number of hydrogen-bond acceptors (Lipinski definition) is 3. The zero-order valence-electron chi connectivity index (χ0n) is 7.19. The van der Waals surface area contributed by atoms with Crippen LogP contribution in [0, 0.1) is 0 Å². The summed E-state index contributed by atoms with van der Waals surface area (Å²) in [4.78, 5) is 11.7. The molecule has 2 aromatic rings. The topological polar surface area (TPSA) is 50.3 Å². The molecule has 66 valence electrons. The van der Waals surface area contributed by atoms with Crippen LogP contribution in [0.15, 0.2) is 29.7 Å². The molecule has 0 aliphatic heterocycles. The normalized spacial score (nSPS) is 11.2. The number of fused-ring (bicyclic) bond motifs is 1. The minimum atomic E-state index is 0.953. The molecule has 0 atom stereocenters. The lowest BCUT2D eigenvalue weighted by atomic mass is 10.2. The van der Waals surface area contributed by atoms with Crippen molar-refractivity contribution in [1.82, 2.24) is 9.97 Å². The van der Waals surface area contributed by atoms with Gasteiger partial charge in [-0.3, -0.25) is 0 Å². The third-order valence-electron chi connectivity index (χ3n) is 1.75. The number of aromatic amines is 1. The number of nitrogens with zero attached hydrogens (tertiary/aromatic N) is 2. The third-order valence-corrected chi connectivity index (χ3v) is 1.75. The molecule has 0 saturated carbocycles. The first kappa shape index (κ1) is 7.79. The van der Waals surface area contributed by atoms with E-state index in [0.29, 0.717) is 0 Å². The molecular formula is C9H9N3O. The summed E-state index contributed by atoms with van der Waals surface area (Å²) in [5, 5.41) is 3.67. The molecule has 13 heavy (non-hydrogen) atoms. The van der Waals surface area contributed by atoms with Crippen LogP contribution in [0.5, 0.6) is 0 Å². The fourth-order valence-electron chi connectivity index (χ4n) is 1.15. The van der Waals surface area contributed by atoms with Crippen LogP contribution in [0.4, 0.5) is 0 Å². The number of rotatable bonds is 2. The number of imidazole rings is 1. The van der Waals surface area contributed by atoms with Gasteiger partial charge >= 0.3 is 0 Å².